The molecule has 0 saturated carbocycles. The number of aryl methyl sites for hydroxylation is 1. The van der Waals surface area contributed by atoms with Gasteiger partial charge < -0.3 is 19.7 Å². The molecule has 3 amide bonds. The van der Waals surface area contributed by atoms with Crippen molar-refractivity contribution in [1.82, 2.24) is 34.6 Å². The molecule has 10 nitrogen and oxygen atoms in total. The summed E-state index contributed by atoms with van der Waals surface area (Å²) in [6.45, 7) is 6.31. The van der Waals surface area contributed by atoms with Gasteiger partial charge in [0.25, 0.3) is 11.8 Å². The van der Waals surface area contributed by atoms with E-state index in [4.69, 9.17) is 9.97 Å². The largest absolute Gasteiger partial charge is 0.344 e. The van der Waals surface area contributed by atoms with Gasteiger partial charge >= 0.3 is 0 Å². The standard InChI is InChI=1S/C39H37N7O3/c1-4-36-43-37(35-22-45(23(2)47)15-16-46(35)36)29-9-5-7-24-18-34(41-20-31(24)29)26-12-14-33(40-19-26)38(48)42-27-13-11-25(17-27)28-8-6-10-30-32(28)21-44(3)39(30)49/h5-10,12,14,17-20,27H,4,11,13,15-16,21-22H2,1-3H3,(H,42,48). The number of nitrogens with zero attached hydrogens (tertiary/aromatic N) is 6. The highest BCUT2D eigenvalue weighted by Crippen LogP contribution is 2.36. The molecule has 10 heteroatoms. The van der Waals surface area contributed by atoms with E-state index in [-0.39, 0.29) is 23.8 Å². The number of amides is 3. The van der Waals surface area contributed by atoms with E-state index in [1.165, 1.54) is 0 Å². The molecule has 1 atom stereocenters. The fourth-order valence-corrected chi connectivity index (χ4v) is 7.49. The summed E-state index contributed by atoms with van der Waals surface area (Å²) >= 11 is 0. The first-order chi connectivity index (χ1) is 23.8. The van der Waals surface area contributed by atoms with Crippen molar-refractivity contribution in [2.24, 2.45) is 0 Å². The van der Waals surface area contributed by atoms with Gasteiger partial charge in [-0.2, -0.15) is 0 Å². The van der Waals surface area contributed by atoms with Crippen LogP contribution < -0.4 is 5.32 Å². The maximum absolute atomic E-state index is 13.2. The van der Waals surface area contributed by atoms with Gasteiger partial charge in [0, 0.05) is 80.5 Å². The van der Waals surface area contributed by atoms with E-state index in [1.54, 1.807) is 24.1 Å². The molecule has 1 N–H and O–H groups in total. The van der Waals surface area contributed by atoms with Crippen molar-refractivity contribution in [2.45, 2.75) is 58.8 Å². The van der Waals surface area contributed by atoms with Crippen LogP contribution in [0, 0.1) is 0 Å². The van der Waals surface area contributed by atoms with E-state index in [0.717, 1.165) is 92.9 Å². The highest BCUT2D eigenvalue weighted by molar-refractivity contribution is 6.00. The summed E-state index contributed by atoms with van der Waals surface area (Å²) in [5.41, 5.74) is 8.97. The lowest BCUT2D eigenvalue weighted by molar-refractivity contribution is -0.130. The van der Waals surface area contributed by atoms with E-state index < -0.39 is 0 Å². The summed E-state index contributed by atoms with van der Waals surface area (Å²) < 4.78 is 2.26. The normalized spacial score (nSPS) is 16.9. The van der Waals surface area contributed by atoms with Crippen LogP contribution in [0.1, 0.15) is 70.2 Å². The molecule has 0 radical (unpaired) electrons. The molecule has 1 aliphatic carbocycles. The zero-order valence-corrected chi connectivity index (χ0v) is 27.9. The van der Waals surface area contributed by atoms with Crippen LogP contribution >= 0.6 is 0 Å². The van der Waals surface area contributed by atoms with Crippen LogP contribution in [0.25, 0.3) is 38.9 Å². The fourth-order valence-electron chi connectivity index (χ4n) is 7.49. The Labute approximate surface area is 284 Å². The smallest absolute Gasteiger partial charge is 0.270 e. The number of carbonyl (C=O) groups excluding carboxylic acids is 3. The third-order valence-electron chi connectivity index (χ3n) is 10.1. The SMILES string of the molecule is CCc1nc(-c2cccc3cc(-c4ccc(C(=O)NC5C=C(c6cccc7c6CN(C)C7=O)CC5)nc4)ncc23)c2n1CCN(C(C)=O)C2. The molecule has 246 valence electrons. The first-order valence-corrected chi connectivity index (χ1v) is 16.9. The number of carbonyl (C=O) groups is 3. The molecule has 1 unspecified atom stereocenters. The van der Waals surface area contributed by atoms with Gasteiger partial charge in [0.1, 0.15) is 11.5 Å². The molecule has 2 aromatic carbocycles. The third kappa shape index (κ3) is 5.37. The molecule has 0 fully saturated rings. The fraction of sp³-hybridized carbons (Fsp3) is 0.282. The van der Waals surface area contributed by atoms with Crippen LogP contribution in [0.2, 0.25) is 0 Å². The zero-order valence-electron chi connectivity index (χ0n) is 27.9. The average molecular weight is 652 g/mol. The number of benzene rings is 2. The minimum Gasteiger partial charge on any atom is -0.344 e. The number of allylic oxidation sites excluding steroid dienone is 1. The topological polar surface area (TPSA) is 113 Å². The Morgan fingerprint density at radius 2 is 1.78 bits per heavy atom. The summed E-state index contributed by atoms with van der Waals surface area (Å²) in [5.74, 6) is 0.928. The molecule has 8 rings (SSSR count). The van der Waals surface area contributed by atoms with E-state index in [0.29, 0.717) is 25.3 Å². The predicted octanol–water partition coefficient (Wildman–Crippen LogP) is 5.65. The van der Waals surface area contributed by atoms with Gasteiger partial charge in [-0.15, -0.1) is 0 Å². The number of hydrogen-bond acceptors (Lipinski definition) is 6. The summed E-state index contributed by atoms with van der Waals surface area (Å²) in [6, 6.07) is 17.6. The van der Waals surface area contributed by atoms with Gasteiger partial charge in [-0.05, 0) is 59.2 Å². The van der Waals surface area contributed by atoms with Crippen molar-refractivity contribution >= 4 is 34.1 Å². The number of fused-ring (bicyclic) bond motifs is 3. The first kappa shape index (κ1) is 30.7. The third-order valence-corrected chi connectivity index (χ3v) is 10.1. The lowest BCUT2D eigenvalue weighted by Gasteiger charge is -2.28. The molecule has 0 saturated heterocycles. The number of imidazole rings is 1. The number of hydrogen-bond donors (Lipinski definition) is 1. The Morgan fingerprint density at radius 1 is 0.959 bits per heavy atom. The summed E-state index contributed by atoms with van der Waals surface area (Å²) in [6.07, 6.45) is 8.13. The minimum absolute atomic E-state index is 0.0554. The van der Waals surface area contributed by atoms with Gasteiger partial charge in [-0.1, -0.05) is 43.3 Å². The second-order valence-electron chi connectivity index (χ2n) is 13.1. The van der Waals surface area contributed by atoms with Gasteiger partial charge in [-0.25, -0.2) is 4.98 Å². The molecule has 5 aromatic rings. The van der Waals surface area contributed by atoms with Crippen molar-refractivity contribution in [3.8, 4) is 22.5 Å². The Balaban J connectivity index is 1.00. The van der Waals surface area contributed by atoms with Crippen LogP contribution in [-0.4, -0.2) is 66.7 Å². The van der Waals surface area contributed by atoms with Gasteiger partial charge in [-0.3, -0.25) is 24.4 Å². The van der Waals surface area contributed by atoms with Gasteiger partial charge in [0.15, 0.2) is 0 Å². The molecular weight excluding hydrogens is 614 g/mol. The monoisotopic (exact) mass is 651 g/mol. The highest BCUT2D eigenvalue weighted by atomic mass is 16.2. The van der Waals surface area contributed by atoms with Crippen LogP contribution in [0.3, 0.4) is 0 Å². The zero-order chi connectivity index (χ0) is 33.8. The predicted molar refractivity (Wildman–Crippen MR) is 187 cm³/mol. The van der Waals surface area contributed by atoms with E-state index in [1.807, 2.05) is 48.5 Å². The second-order valence-corrected chi connectivity index (χ2v) is 13.1. The summed E-state index contributed by atoms with van der Waals surface area (Å²) in [7, 11) is 1.82. The van der Waals surface area contributed by atoms with Crippen LogP contribution in [0.5, 0.6) is 0 Å². The maximum atomic E-state index is 13.2. The molecular formula is C39H37N7O3. The van der Waals surface area contributed by atoms with Gasteiger partial charge in [0.05, 0.1) is 23.6 Å². The molecule has 49 heavy (non-hydrogen) atoms. The Hall–Kier alpha value is -5.64. The molecule has 3 aliphatic rings. The summed E-state index contributed by atoms with van der Waals surface area (Å²) in [4.78, 5) is 55.8. The highest BCUT2D eigenvalue weighted by Gasteiger charge is 2.30. The van der Waals surface area contributed by atoms with Crippen LogP contribution in [0.15, 0.2) is 73.1 Å². The number of rotatable bonds is 6. The van der Waals surface area contributed by atoms with E-state index >= 15 is 0 Å². The molecule has 5 heterocycles. The van der Waals surface area contributed by atoms with Crippen LogP contribution in [0.4, 0.5) is 0 Å². The van der Waals surface area contributed by atoms with Gasteiger partial charge in [0.2, 0.25) is 5.91 Å². The van der Waals surface area contributed by atoms with E-state index in [9.17, 15) is 14.4 Å². The Kier molecular flexibility index (Phi) is 7.58. The Bertz CT molecular complexity index is 2200. The second kappa shape index (κ2) is 12.1. The lowest BCUT2D eigenvalue weighted by Crippen LogP contribution is -2.37. The molecule has 0 bridgehead atoms. The minimum atomic E-state index is -0.225. The Morgan fingerprint density at radius 3 is 2.57 bits per heavy atom. The van der Waals surface area contributed by atoms with Crippen molar-refractivity contribution in [3.63, 3.8) is 0 Å². The van der Waals surface area contributed by atoms with Crippen molar-refractivity contribution in [3.05, 3.63) is 107 Å². The molecule has 0 spiro atoms. The molecule has 2 aliphatic heterocycles. The van der Waals surface area contributed by atoms with Crippen molar-refractivity contribution in [2.75, 3.05) is 13.6 Å². The van der Waals surface area contributed by atoms with Crippen molar-refractivity contribution < 1.29 is 14.4 Å². The van der Waals surface area contributed by atoms with Crippen molar-refractivity contribution in [1.29, 1.82) is 0 Å². The number of aromatic nitrogens is 4. The number of pyridine rings is 2. The lowest BCUT2D eigenvalue weighted by atomic mass is 9.96. The average Bonchev–Trinajstić information content (AvgIpc) is 3.82. The number of nitrogens with one attached hydrogen (secondary N) is 1. The first-order valence-electron chi connectivity index (χ1n) is 16.9. The molecule has 3 aromatic heterocycles. The quantitative estimate of drug-likeness (QED) is 0.254. The maximum Gasteiger partial charge on any atom is 0.270 e. The summed E-state index contributed by atoms with van der Waals surface area (Å²) in [5, 5.41) is 5.13. The van der Waals surface area contributed by atoms with E-state index in [2.05, 4.69) is 46.1 Å². The van der Waals surface area contributed by atoms with Crippen LogP contribution in [-0.2, 0) is 30.8 Å².